The largest absolute Gasteiger partial charge is 0.497 e. The van der Waals surface area contributed by atoms with Crippen LogP contribution in [0.3, 0.4) is 0 Å². The van der Waals surface area contributed by atoms with Gasteiger partial charge in [0, 0.05) is 36.7 Å². The van der Waals surface area contributed by atoms with Gasteiger partial charge in [0.2, 0.25) is 0 Å². The molecule has 4 rings (SSSR count). The Morgan fingerprint density at radius 1 is 1.09 bits per heavy atom. The third-order valence-corrected chi connectivity index (χ3v) is 5.65. The second-order valence-electron chi connectivity index (χ2n) is 7.57. The average molecular weight is 431 g/mol. The van der Waals surface area contributed by atoms with Crippen LogP contribution in [0.5, 0.6) is 0 Å². The number of hydrogen-bond acceptors (Lipinski definition) is 6. The first-order valence-electron chi connectivity index (χ1n) is 10.6. The van der Waals surface area contributed by atoms with Crippen molar-refractivity contribution < 1.29 is 18.7 Å². The maximum atomic E-state index is 12.7. The zero-order valence-corrected chi connectivity index (χ0v) is 18.4. The molecule has 1 aliphatic carbocycles. The van der Waals surface area contributed by atoms with Crippen molar-refractivity contribution in [3.8, 4) is 0 Å². The van der Waals surface area contributed by atoms with Crippen LogP contribution in [0.15, 0.2) is 87.1 Å². The Bertz CT molecular complexity index is 1270. The molecule has 0 aliphatic heterocycles. The van der Waals surface area contributed by atoms with Gasteiger partial charge < -0.3 is 18.8 Å². The van der Waals surface area contributed by atoms with E-state index < -0.39 is 11.6 Å². The first-order valence-corrected chi connectivity index (χ1v) is 10.6. The van der Waals surface area contributed by atoms with Gasteiger partial charge in [0.25, 0.3) is 0 Å². The van der Waals surface area contributed by atoms with Crippen molar-refractivity contribution >= 4 is 22.6 Å². The lowest BCUT2D eigenvalue weighted by atomic mass is 10.1. The summed E-state index contributed by atoms with van der Waals surface area (Å²) in [4.78, 5) is 26.7. The summed E-state index contributed by atoms with van der Waals surface area (Å²) in [6.45, 7) is 2.06. The molecule has 32 heavy (non-hydrogen) atoms. The first kappa shape index (κ1) is 21.4. The van der Waals surface area contributed by atoms with E-state index in [-0.39, 0.29) is 0 Å². The van der Waals surface area contributed by atoms with Crippen molar-refractivity contribution in [1.82, 2.24) is 0 Å². The second-order valence-corrected chi connectivity index (χ2v) is 7.57. The maximum absolute atomic E-state index is 12.7. The smallest absolute Gasteiger partial charge is 0.343 e. The van der Waals surface area contributed by atoms with E-state index in [9.17, 15) is 9.59 Å². The van der Waals surface area contributed by atoms with E-state index in [1.807, 2.05) is 42.3 Å². The molecule has 0 amide bonds. The predicted molar refractivity (Wildman–Crippen MR) is 123 cm³/mol. The number of carbonyl (C=O) groups excluding carboxylic acids is 1. The van der Waals surface area contributed by atoms with Crippen molar-refractivity contribution in [2.75, 3.05) is 19.1 Å². The van der Waals surface area contributed by atoms with Gasteiger partial charge in [-0.3, -0.25) is 0 Å². The predicted octanol–water partition coefficient (Wildman–Crippen LogP) is 5.18. The third-order valence-electron chi connectivity index (χ3n) is 5.65. The lowest BCUT2D eigenvalue weighted by Crippen LogP contribution is -2.22. The van der Waals surface area contributed by atoms with Gasteiger partial charge >= 0.3 is 11.6 Å². The van der Waals surface area contributed by atoms with Gasteiger partial charge in [0.15, 0.2) is 5.76 Å². The summed E-state index contributed by atoms with van der Waals surface area (Å²) >= 11 is 0. The second kappa shape index (κ2) is 9.14. The van der Waals surface area contributed by atoms with Crippen LogP contribution >= 0.6 is 0 Å². The fourth-order valence-electron chi connectivity index (χ4n) is 3.78. The Hall–Kier alpha value is -3.80. The Labute approximate surface area is 186 Å². The van der Waals surface area contributed by atoms with E-state index in [4.69, 9.17) is 13.9 Å². The van der Waals surface area contributed by atoms with Crippen LogP contribution in [0.1, 0.15) is 35.7 Å². The highest BCUT2D eigenvalue weighted by molar-refractivity contribution is 5.91. The van der Waals surface area contributed by atoms with Gasteiger partial charge in [-0.15, -0.1) is 0 Å². The summed E-state index contributed by atoms with van der Waals surface area (Å²) in [5.74, 6) is 0.540. The zero-order chi connectivity index (χ0) is 22.7. The quantitative estimate of drug-likeness (QED) is 0.395. The van der Waals surface area contributed by atoms with Gasteiger partial charge in [0.1, 0.15) is 11.3 Å². The lowest BCUT2D eigenvalue weighted by molar-refractivity contribution is 0.0612. The van der Waals surface area contributed by atoms with Crippen LogP contribution in [-0.4, -0.2) is 20.1 Å². The molecule has 164 valence electrons. The molecule has 0 atom stereocenters. The monoisotopic (exact) mass is 431 g/mol. The van der Waals surface area contributed by atoms with Crippen LogP contribution in [-0.2, 0) is 15.9 Å². The highest BCUT2D eigenvalue weighted by Crippen LogP contribution is 2.33. The molecule has 0 fully saturated rings. The number of benzene rings is 2. The van der Waals surface area contributed by atoms with Crippen LogP contribution in [0.4, 0.5) is 5.69 Å². The Morgan fingerprint density at radius 2 is 1.84 bits per heavy atom. The minimum atomic E-state index is -0.442. The molecule has 1 aliphatic rings. The van der Waals surface area contributed by atoms with E-state index >= 15 is 0 Å². The first-order chi connectivity index (χ1) is 15.5. The Morgan fingerprint density at radius 3 is 2.56 bits per heavy atom. The molecule has 0 saturated carbocycles. The molecule has 0 N–H and O–H groups in total. The van der Waals surface area contributed by atoms with E-state index in [0.717, 1.165) is 28.8 Å². The number of allylic oxidation sites excluding steroid dienone is 3. The standard InChI is InChI=1S/C26H25NO5/c1-4-17-9-11-18(12-10-17)26(29)32-24-15-19(13-14-23(24)30-3)27(2)21-16-25(28)31-22-8-6-5-7-20(21)22/h5-12,15-16H,4,13-14H2,1-3H3. The van der Waals surface area contributed by atoms with Crippen molar-refractivity contribution in [3.05, 3.63) is 99.4 Å². The molecule has 2 aromatic carbocycles. The number of ether oxygens (including phenoxy) is 2. The molecular weight excluding hydrogens is 406 g/mol. The number of nitrogens with zero attached hydrogens (tertiary/aromatic N) is 1. The Balaban J connectivity index is 1.65. The minimum Gasteiger partial charge on any atom is -0.497 e. The molecule has 1 aromatic heterocycles. The summed E-state index contributed by atoms with van der Waals surface area (Å²) < 4.78 is 16.5. The molecule has 1 heterocycles. The number of rotatable bonds is 6. The number of anilines is 1. The molecule has 0 radical (unpaired) electrons. The summed E-state index contributed by atoms with van der Waals surface area (Å²) in [6, 6.07) is 16.2. The van der Waals surface area contributed by atoms with Crippen LogP contribution in [0.25, 0.3) is 11.0 Å². The summed E-state index contributed by atoms with van der Waals surface area (Å²) in [7, 11) is 3.45. The fourth-order valence-corrected chi connectivity index (χ4v) is 3.78. The molecule has 0 spiro atoms. The van der Waals surface area contributed by atoms with Crippen LogP contribution in [0.2, 0.25) is 0 Å². The molecule has 0 unspecified atom stereocenters. The number of fused-ring (bicyclic) bond motifs is 1. The highest BCUT2D eigenvalue weighted by atomic mass is 16.6. The SMILES string of the molecule is CCc1ccc(C(=O)OC2=C(OC)CCC(N(C)c3cc(=O)oc4ccccc34)=C2)cc1. The maximum Gasteiger partial charge on any atom is 0.343 e. The van der Waals surface area contributed by atoms with E-state index in [0.29, 0.717) is 35.5 Å². The summed E-state index contributed by atoms with van der Waals surface area (Å²) in [6.07, 6.45) is 3.94. The number of hydrogen-bond donors (Lipinski definition) is 0. The fraction of sp³-hybridized carbons (Fsp3) is 0.231. The number of methoxy groups -OCH3 is 1. The Kier molecular flexibility index (Phi) is 6.12. The van der Waals surface area contributed by atoms with Gasteiger partial charge in [0.05, 0.1) is 18.4 Å². The van der Waals surface area contributed by atoms with Crippen LogP contribution < -0.4 is 10.5 Å². The van der Waals surface area contributed by atoms with Crippen molar-refractivity contribution in [2.45, 2.75) is 26.2 Å². The van der Waals surface area contributed by atoms with Gasteiger partial charge in [-0.25, -0.2) is 9.59 Å². The number of para-hydroxylation sites is 1. The number of esters is 1. The zero-order valence-electron chi connectivity index (χ0n) is 18.4. The molecule has 0 saturated heterocycles. The van der Waals surface area contributed by atoms with Gasteiger partial charge in [-0.2, -0.15) is 0 Å². The number of carbonyl (C=O) groups is 1. The summed E-state index contributed by atoms with van der Waals surface area (Å²) in [5.41, 5.74) is 3.35. The van der Waals surface area contributed by atoms with Crippen molar-refractivity contribution in [1.29, 1.82) is 0 Å². The minimum absolute atomic E-state index is 0.373. The van der Waals surface area contributed by atoms with Gasteiger partial charge in [-0.1, -0.05) is 31.2 Å². The summed E-state index contributed by atoms with van der Waals surface area (Å²) in [5, 5.41) is 0.826. The number of aryl methyl sites for hydroxylation is 1. The van der Waals surface area contributed by atoms with E-state index in [2.05, 4.69) is 6.92 Å². The highest BCUT2D eigenvalue weighted by Gasteiger charge is 2.22. The van der Waals surface area contributed by atoms with E-state index in [1.54, 1.807) is 31.4 Å². The molecule has 0 bridgehead atoms. The average Bonchev–Trinajstić information content (AvgIpc) is 2.83. The van der Waals surface area contributed by atoms with E-state index in [1.165, 1.54) is 6.07 Å². The molecule has 6 nitrogen and oxygen atoms in total. The lowest BCUT2D eigenvalue weighted by Gasteiger charge is -2.27. The molecule has 3 aromatic rings. The normalized spacial score (nSPS) is 13.7. The topological polar surface area (TPSA) is 69.0 Å². The van der Waals surface area contributed by atoms with Crippen molar-refractivity contribution in [3.63, 3.8) is 0 Å². The molecular formula is C26H25NO5. The van der Waals surface area contributed by atoms with Crippen LogP contribution in [0, 0.1) is 0 Å². The third kappa shape index (κ3) is 4.30. The van der Waals surface area contributed by atoms with Gasteiger partial charge in [-0.05, 0) is 42.7 Å². The van der Waals surface area contributed by atoms with Crippen molar-refractivity contribution in [2.24, 2.45) is 0 Å². The molecule has 6 heteroatoms.